The Kier molecular flexibility index (Phi) is 4.16. The number of aromatic nitrogens is 1. The summed E-state index contributed by atoms with van der Waals surface area (Å²) in [4.78, 5) is 15.3. The van der Waals surface area contributed by atoms with Crippen LogP contribution in [0.3, 0.4) is 0 Å². The van der Waals surface area contributed by atoms with Crippen molar-refractivity contribution in [1.82, 2.24) is 4.98 Å². The molecule has 0 radical (unpaired) electrons. The minimum Gasteiger partial charge on any atom is -0.469 e. The van der Waals surface area contributed by atoms with Crippen molar-refractivity contribution in [3.05, 3.63) is 41.1 Å². The van der Waals surface area contributed by atoms with Crippen LogP contribution < -0.4 is 0 Å². The minimum atomic E-state index is -4.40. The Bertz CT molecular complexity index is 680. The molecule has 6 heteroatoms. The number of fused-ring (bicyclic) bond motifs is 1. The first-order valence-electron chi connectivity index (χ1n) is 6.35. The number of hydrogen-bond donors (Lipinski definition) is 0. The third-order valence-electron chi connectivity index (χ3n) is 3.21. The Morgan fingerprint density at radius 2 is 2.00 bits per heavy atom. The summed E-state index contributed by atoms with van der Waals surface area (Å²) < 4.78 is 42.7. The number of carbonyl (C=O) groups excluding carboxylic acids is 1. The van der Waals surface area contributed by atoms with Crippen LogP contribution in [0.2, 0.25) is 0 Å². The zero-order valence-corrected chi connectivity index (χ0v) is 11.6. The molecule has 0 saturated heterocycles. The molecule has 3 nitrogen and oxygen atoms in total. The fourth-order valence-electron chi connectivity index (χ4n) is 2.11. The SMILES string of the molecule is COC(=O)CCc1cc(C)c2ccc(C(F)(F)F)cc2n1. The van der Waals surface area contributed by atoms with E-state index >= 15 is 0 Å². The summed E-state index contributed by atoms with van der Waals surface area (Å²) in [6, 6.07) is 5.28. The van der Waals surface area contributed by atoms with Gasteiger partial charge < -0.3 is 4.74 Å². The second-order valence-electron chi connectivity index (χ2n) is 4.74. The third kappa shape index (κ3) is 3.51. The van der Waals surface area contributed by atoms with Crippen molar-refractivity contribution in [2.75, 3.05) is 7.11 Å². The molecule has 0 N–H and O–H groups in total. The van der Waals surface area contributed by atoms with Gasteiger partial charge in [-0.1, -0.05) is 6.07 Å². The van der Waals surface area contributed by atoms with Crippen molar-refractivity contribution < 1.29 is 22.7 Å². The molecule has 0 atom stereocenters. The second kappa shape index (κ2) is 5.71. The van der Waals surface area contributed by atoms with Crippen LogP contribution in [0.4, 0.5) is 13.2 Å². The maximum Gasteiger partial charge on any atom is 0.416 e. The lowest BCUT2D eigenvalue weighted by Crippen LogP contribution is -2.06. The first-order chi connectivity index (χ1) is 9.81. The number of aryl methyl sites for hydroxylation is 2. The van der Waals surface area contributed by atoms with Crippen LogP contribution in [-0.2, 0) is 22.1 Å². The van der Waals surface area contributed by atoms with Crippen molar-refractivity contribution in [1.29, 1.82) is 0 Å². The molecule has 1 heterocycles. The molecular weight excluding hydrogens is 283 g/mol. The smallest absolute Gasteiger partial charge is 0.416 e. The van der Waals surface area contributed by atoms with Crippen molar-refractivity contribution in [3.63, 3.8) is 0 Å². The van der Waals surface area contributed by atoms with Gasteiger partial charge in [0.15, 0.2) is 0 Å². The quantitative estimate of drug-likeness (QED) is 0.811. The van der Waals surface area contributed by atoms with Crippen LogP contribution in [0, 0.1) is 6.92 Å². The van der Waals surface area contributed by atoms with Crippen LogP contribution in [0.1, 0.15) is 23.2 Å². The highest BCUT2D eigenvalue weighted by molar-refractivity contribution is 5.83. The van der Waals surface area contributed by atoms with E-state index in [1.807, 2.05) is 0 Å². The van der Waals surface area contributed by atoms with Gasteiger partial charge in [0.25, 0.3) is 0 Å². The normalized spacial score (nSPS) is 11.7. The molecule has 0 saturated carbocycles. The average Bonchev–Trinajstić information content (AvgIpc) is 2.43. The highest BCUT2D eigenvalue weighted by Crippen LogP contribution is 2.31. The minimum absolute atomic E-state index is 0.146. The Hall–Kier alpha value is -2.11. The van der Waals surface area contributed by atoms with E-state index in [1.165, 1.54) is 13.2 Å². The van der Waals surface area contributed by atoms with Crippen LogP contribution in [0.25, 0.3) is 10.9 Å². The zero-order valence-electron chi connectivity index (χ0n) is 11.6. The highest BCUT2D eigenvalue weighted by Gasteiger charge is 2.30. The summed E-state index contributed by atoms with van der Waals surface area (Å²) in [6.07, 6.45) is -3.92. The number of ether oxygens (including phenoxy) is 1. The Balaban J connectivity index is 2.40. The molecule has 2 aromatic rings. The van der Waals surface area contributed by atoms with E-state index in [1.54, 1.807) is 13.0 Å². The summed E-state index contributed by atoms with van der Waals surface area (Å²) in [7, 11) is 1.29. The molecule has 2 rings (SSSR count). The van der Waals surface area contributed by atoms with Gasteiger partial charge in [-0.3, -0.25) is 9.78 Å². The van der Waals surface area contributed by atoms with Gasteiger partial charge in [0.1, 0.15) is 0 Å². The molecular formula is C15H14F3NO2. The summed E-state index contributed by atoms with van der Waals surface area (Å²) in [5.74, 6) is -0.376. The van der Waals surface area contributed by atoms with Gasteiger partial charge in [-0.2, -0.15) is 13.2 Å². The van der Waals surface area contributed by atoms with Crippen LogP contribution in [0.5, 0.6) is 0 Å². The molecule has 1 aromatic carbocycles. The lowest BCUT2D eigenvalue weighted by Gasteiger charge is -2.10. The molecule has 0 fully saturated rings. The summed E-state index contributed by atoms with van der Waals surface area (Å²) in [5, 5.41) is 0.671. The maximum absolute atomic E-state index is 12.7. The topological polar surface area (TPSA) is 39.2 Å². The number of halogens is 3. The lowest BCUT2D eigenvalue weighted by molar-refractivity contribution is -0.140. The molecule has 0 aliphatic carbocycles. The molecule has 0 spiro atoms. The van der Waals surface area contributed by atoms with Crippen LogP contribution in [-0.4, -0.2) is 18.1 Å². The third-order valence-corrected chi connectivity index (χ3v) is 3.21. The maximum atomic E-state index is 12.7. The van der Waals surface area contributed by atoms with Gasteiger partial charge in [0, 0.05) is 17.5 Å². The van der Waals surface area contributed by atoms with Crippen molar-refractivity contribution in [3.8, 4) is 0 Å². The van der Waals surface area contributed by atoms with E-state index in [0.29, 0.717) is 17.5 Å². The first kappa shape index (κ1) is 15.3. The lowest BCUT2D eigenvalue weighted by atomic mass is 10.0. The predicted octanol–water partition coefficient (Wildman–Crippen LogP) is 3.67. The summed E-state index contributed by atoms with van der Waals surface area (Å²) >= 11 is 0. The van der Waals surface area contributed by atoms with E-state index in [0.717, 1.165) is 17.7 Å². The molecule has 112 valence electrons. The number of pyridine rings is 1. The van der Waals surface area contributed by atoms with Crippen LogP contribution >= 0.6 is 0 Å². The molecule has 0 aliphatic rings. The number of esters is 1. The van der Waals surface area contributed by atoms with Gasteiger partial charge in [0.05, 0.1) is 24.6 Å². The van der Waals surface area contributed by atoms with Gasteiger partial charge in [-0.05, 0) is 30.7 Å². The fourth-order valence-corrected chi connectivity index (χ4v) is 2.11. The van der Waals surface area contributed by atoms with E-state index in [2.05, 4.69) is 9.72 Å². The van der Waals surface area contributed by atoms with Gasteiger partial charge in [-0.25, -0.2) is 0 Å². The number of rotatable bonds is 3. The highest BCUT2D eigenvalue weighted by atomic mass is 19.4. The molecule has 0 amide bonds. The molecule has 0 aliphatic heterocycles. The first-order valence-corrected chi connectivity index (χ1v) is 6.35. The molecule has 0 unspecified atom stereocenters. The van der Waals surface area contributed by atoms with E-state index in [4.69, 9.17) is 0 Å². The van der Waals surface area contributed by atoms with Gasteiger partial charge in [0.2, 0.25) is 0 Å². The molecule has 0 bridgehead atoms. The molecule has 21 heavy (non-hydrogen) atoms. The second-order valence-corrected chi connectivity index (χ2v) is 4.74. The van der Waals surface area contributed by atoms with E-state index in [9.17, 15) is 18.0 Å². The van der Waals surface area contributed by atoms with E-state index in [-0.39, 0.29) is 17.9 Å². The number of nitrogens with zero attached hydrogens (tertiary/aromatic N) is 1. The monoisotopic (exact) mass is 297 g/mol. The Labute approximate surface area is 119 Å². The number of alkyl halides is 3. The predicted molar refractivity (Wildman–Crippen MR) is 71.8 cm³/mol. The number of methoxy groups -OCH3 is 1. The van der Waals surface area contributed by atoms with Crippen LogP contribution in [0.15, 0.2) is 24.3 Å². The summed E-state index contributed by atoms with van der Waals surface area (Å²) in [5.41, 5.74) is 0.954. The fraction of sp³-hybridized carbons (Fsp3) is 0.333. The van der Waals surface area contributed by atoms with Crippen molar-refractivity contribution >= 4 is 16.9 Å². The molecule has 1 aromatic heterocycles. The number of hydrogen-bond acceptors (Lipinski definition) is 3. The zero-order chi connectivity index (χ0) is 15.6. The average molecular weight is 297 g/mol. The number of benzene rings is 1. The van der Waals surface area contributed by atoms with Gasteiger partial charge >= 0.3 is 12.1 Å². The summed E-state index contributed by atoms with van der Waals surface area (Å²) in [6.45, 7) is 1.80. The van der Waals surface area contributed by atoms with Crippen molar-refractivity contribution in [2.24, 2.45) is 0 Å². The Morgan fingerprint density at radius 3 is 2.62 bits per heavy atom. The standard InChI is InChI=1S/C15H14F3NO2/c1-9-7-11(4-6-14(20)21-2)19-13-8-10(15(16,17)18)3-5-12(9)13/h3,5,7-8H,4,6H2,1-2H3. The number of carbonyl (C=O) groups is 1. The Morgan fingerprint density at radius 1 is 1.29 bits per heavy atom. The van der Waals surface area contributed by atoms with Crippen molar-refractivity contribution in [2.45, 2.75) is 25.9 Å². The largest absolute Gasteiger partial charge is 0.469 e. The van der Waals surface area contributed by atoms with Gasteiger partial charge in [-0.15, -0.1) is 0 Å². The van der Waals surface area contributed by atoms with E-state index < -0.39 is 11.7 Å².